The highest BCUT2D eigenvalue weighted by molar-refractivity contribution is 9.10. The van der Waals surface area contributed by atoms with Gasteiger partial charge in [-0.2, -0.15) is 0 Å². The fourth-order valence-electron chi connectivity index (χ4n) is 2.24. The third-order valence-corrected chi connectivity index (χ3v) is 5.56. The van der Waals surface area contributed by atoms with Gasteiger partial charge in [0.2, 0.25) is 0 Å². The first-order valence-electron chi connectivity index (χ1n) is 6.15. The van der Waals surface area contributed by atoms with E-state index in [1.807, 2.05) is 19.1 Å². The highest BCUT2D eigenvalue weighted by Gasteiger charge is 2.26. The molecule has 0 bridgehead atoms. The monoisotopic (exact) mass is 345 g/mol. The van der Waals surface area contributed by atoms with Crippen LogP contribution in [0, 0.1) is 6.92 Å². The zero-order valence-corrected chi connectivity index (χ0v) is 13.1. The minimum atomic E-state index is -3.00. The van der Waals surface area contributed by atoms with Gasteiger partial charge in [-0.15, -0.1) is 0 Å². The molecule has 1 heterocycles. The summed E-state index contributed by atoms with van der Waals surface area (Å²) in [4.78, 5) is 12.2. The quantitative estimate of drug-likeness (QED) is 0.892. The van der Waals surface area contributed by atoms with Crippen LogP contribution < -0.4 is 5.32 Å². The van der Waals surface area contributed by atoms with Crippen molar-refractivity contribution in [2.75, 3.05) is 11.5 Å². The Balaban J connectivity index is 2.11. The van der Waals surface area contributed by atoms with Crippen LogP contribution in [0.1, 0.15) is 28.8 Å². The Morgan fingerprint density at radius 2 is 2.16 bits per heavy atom. The van der Waals surface area contributed by atoms with Crippen molar-refractivity contribution in [1.29, 1.82) is 0 Å². The first kappa shape index (κ1) is 14.5. The van der Waals surface area contributed by atoms with Gasteiger partial charge in [-0.1, -0.05) is 22.0 Å². The standard InChI is InChI=1S/C13H16BrNO3S/c1-9-4-5-10(14)7-12(9)13(16)15-11-3-2-6-19(17,18)8-11/h4-5,7,11H,2-3,6,8H2,1H3,(H,15,16). The highest BCUT2D eigenvalue weighted by Crippen LogP contribution is 2.17. The molecule has 6 heteroatoms. The second-order valence-electron chi connectivity index (χ2n) is 4.89. The van der Waals surface area contributed by atoms with Crippen LogP contribution in [0.5, 0.6) is 0 Å². The number of benzene rings is 1. The lowest BCUT2D eigenvalue weighted by molar-refractivity contribution is 0.0937. The minimum absolute atomic E-state index is 0.0474. The van der Waals surface area contributed by atoms with Crippen molar-refractivity contribution in [2.24, 2.45) is 0 Å². The average Bonchev–Trinajstić information content (AvgIpc) is 2.31. The molecule has 1 saturated heterocycles. The lowest BCUT2D eigenvalue weighted by Gasteiger charge is -2.23. The Labute approximate surface area is 121 Å². The Kier molecular flexibility index (Phi) is 4.30. The largest absolute Gasteiger partial charge is 0.348 e. The molecule has 104 valence electrons. The van der Waals surface area contributed by atoms with Gasteiger partial charge >= 0.3 is 0 Å². The van der Waals surface area contributed by atoms with E-state index in [2.05, 4.69) is 21.2 Å². The molecule has 0 aromatic heterocycles. The molecule has 1 unspecified atom stereocenters. The van der Waals surface area contributed by atoms with Gasteiger partial charge in [0.15, 0.2) is 9.84 Å². The van der Waals surface area contributed by atoms with Crippen LogP contribution in [0.25, 0.3) is 0 Å². The van der Waals surface area contributed by atoms with E-state index in [-0.39, 0.29) is 23.5 Å². The number of rotatable bonds is 2. The molecule has 0 radical (unpaired) electrons. The van der Waals surface area contributed by atoms with Gasteiger partial charge in [0, 0.05) is 16.1 Å². The van der Waals surface area contributed by atoms with E-state index in [1.54, 1.807) is 6.07 Å². The number of amides is 1. The van der Waals surface area contributed by atoms with Crippen LogP contribution in [-0.2, 0) is 9.84 Å². The van der Waals surface area contributed by atoms with Crippen LogP contribution >= 0.6 is 15.9 Å². The summed E-state index contributed by atoms with van der Waals surface area (Å²) in [5, 5.41) is 2.82. The molecular formula is C13H16BrNO3S. The number of sulfone groups is 1. The fourth-order valence-corrected chi connectivity index (χ4v) is 4.24. The van der Waals surface area contributed by atoms with Crippen molar-refractivity contribution in [1.82, 2.24) is 5.32 Å². The lowest BCUT2D eigenvalue weighted by Crippen LogP contribution is -2.43. The van der Waals surface area contributed by atoms with Gasteiger partial charge in [-0.05, 0) is 37.5 Å². The maximum Gasteiger partial charge on any atom is 0.251 e. The Bertz CT molecular complexity index is 598. The van der Waals surface area contributed by atoms with Crippen molar-refractivity contribution >= 4 is 31.7 Å². The molecule has 2 rings (SSSR count). The van der Waals surface area contributed by atoms with E-state index in [4.69, 9.17) is 0 Å². The molecule has 1 atom stereocenters. The van der Waals surface area contributed by atoms with Crippen molar-refractivity contribution in [2.45, 2.75) is 25.8 Å². The van der Waals surface area contributed by atoms with E-state index in [1.165, 1.54) is 0 Å². The third kappa shape index (κ3) is 3.79. The molecule has 0 saturated carbocycles. The summed E-state index contributed by atoms with van der Waals surface area (Å²) in [5.41, 5.74) is 1.46. The Hall–Kier alpha value is -0.880. The van der Waals surface area contributed by atoms with E-state index in [0.29, 0.717) is 12.0 Å². The van der Waals surface area contributed by atoms with Crippen LogP contribution in [0.2, 0.25) is 0 Å². The summed E-state index contributed by atoms with van der Waals surface area (Å²) in [6, 6.07) is 5.21. The molecule has 1 aromatic carbocycles. The number of carbonyl (C=O) groups is 1. The first-order valence-corrected chi connectivity index (χ1v) is 8.76. The summed E-state index contributed by atoms with van der Waals surface area (Å²) in [7, 11) is -3.00. The fraction of sp³-hybridized carbons (Fsp3) is 0.462. The summed E-state index contributed by atoms with van der Waals surface area (Å²) in [5.74, 6) is 0.0713. The molecule has 1 aliphatic heterocycles. The number of hydrogen-bond donors (Lipinski definition) is 1. The Morgan fingerprint density at radius 3 is 2.84 bits per heavy atom. The molecule has 1 fully saturated rings. The number of carbonyl (C=O) groups excluding carboxylic acids is 1. The van der Waals surface area contributed by atoms with Crippen molar-refractivity contribution in [3.05, 3.63) is 33.8 Å². The summed E-state index contributed by atoms with van der Waals surface area (Å²) in [6.07, 6.45) is 1.34. The molecule has 4 nitrogen and oxygen atoms in total. The zero-order valence-electron chi connectivity index (χ0n) is 10.6. The van der Waals surface area contributed by atoms with Gasteiger partial charge in [0.05, 0.1) is 11.5 Å². The minimum Gasteiger partial charge on any atom is -0.348 e. The summed E-state index contributed by atoms with van der Waals surface area (Å²) in [6.45, 7) is 1.86. The average molecular weight is 346 g/mol. The molecule has 1 aromatic rings. The third-order valence-electron chi connectivity index (χ3n) is 3.24. The second kappa shape index (κ2) is 5.63. The van der Waals surface area contributed by atoms with Crippen LogP contribution in [0.3, 0.4) is 0 Å². The van der Waals surface area contributed by atoms with Crippen molar-refractivity contribution in [3.63, 3.8) is 0 Å². The normalized spacial score (nSPS) is 21.9. The number of aryl methyl sites for hydroxylation is 1. The maximum atomic E-state index is 12.2. The van der Waals surface area contributed by atoms with E-state index < -0.39 is 9.84 Å². The molecule has 0 aliphatic carbocycles. The molecule has 1 N–H and O–H groups in total. The molecule has 19 heavy (non-hydrogen) atoms. The number of hydrogen-bond acceptors (Lipinski definition) is 3. The van der Waals surface area contributed by atoms with E-state index in [0.717, 1.165) is 16.5 Å². The van der Waals surface area contributed by atoms with Gasteiger partial charge in [-0.3, -0.25) is 4.79 Å². The van der Waals surface area contributed by atoms with Crippen LogP contribution in [0.15, 0.2) is 22.7 Å². The number of halogens is 1. The zero-order chi connectivity index (χ0) is 14.0. The van der Waals surface area contributed by atoms with Crippen LogP contribution in [-0.4, -0.2) is 31.9 Å². The smallest absolute Gasteiger partial charge is 0.251 e. The lowest BCUT2D eigenvalue weighted by atomic mass is 10.1. The summed E-state index contributed by atoms with van der Waals surface area (Å²) >= 11 is 3.33. The summed E-state index contributed by atoms with van der Waals surface area (Å²) < 4.78 is 23.9. The highest BCUT2D eigenvalue weighted by atomic mass is 79.9. The van der Waals surface area contributed by atoms with Gasteiger partial charge in [0.1, 0.15) is 0 Å². The van der Waals surface area contributed by atoms with Gasteiger partial charge in [-0.25, -0.2) is 8.42 Å². The molecule has 1 aliphatic rings. The van der Waals surface area contributed by atoms with E-state index in [9.17, 15) is 13.2 Å². The SMILES string of the molecule is Cc1ccc(Br)cc1C(=O)NC1CCCS(=O)(=O)C1. The van der Waals surface area contributed by atoms with Crippen molar-refractivity contribution in [3.8, 4) is 0 Å². The topological polar surface area (TPSA) is 63.2 Å². The van der Waals surface area contributed by atoms with Gasteiger partial charge in [0.25, 0.3) is 5.91 Å². The Morgan fingerprint density at radius 1 is 1.42 bits per heavy atom. The van der Waals surface area contributed by atoms with Gasteiger partial charge < -0.3 is 5.32 Å². The van der Waals surface area contributed by atoms with E-state index >= 15 is 0 Å². The predicted octanol–water partition coefficient (Wildman–Crippen LogP) is 2.06. The molecule has 0 spiro atoms. The maximum absolute atomic E-state index is 12.2. The number of nitrogens with one attached hydrogen (secondary N) is 1. The second-order valence-corrected chi connectivity index (χ2v) is 8.03. The molecular weight excluding hydrogens is 330 g/mol. The van der Waals surface area contributed by atoms with Crippen LogP contribution in [0.4, 0.5) is 0 Å². The first-order chi connectivity index (χ1) is 8.87. The molecule has 1 amide bonds. The predicted molar refractivity (Wildman–Crippen MR) is 78.0 cm³/mol. The van der Waals surface area contributed by atoms with Crippen molar-refractivity contribution < 1.29 is 13.2 Å².